The molecule has 0 aliphatic rings. The lowest BCUT2D eigenvalue weighted by Gasteiger charge is -2.13. The number of hydrogen-bond acceptors (Lipinski definition) is 2. The van der Waals surface area contributed by atoms with Crippen molar-refractivity contribution in [1.82, 2.24) is 0 Å². The van der Waals surface area contributed by atoms with Crippen LogP contribution in [-0.2, 0) is 10.1 Å². The van der Waals surface area contributed by atoms with Crippen molar-refractivity contribution in [1.29, 1.82) is 0 Å². The van der Waals surface area contributed by atoms with Gasteiger partial charge in [0.2, 0.25) is 5.82 Å². The Morgan fingerprint density at radius 3 is 1.12 bits per heavy atom. The summed E-state index contributed by atoms with van der Waals surface area (Å²) in [6.45, 7) is 0. The molecule has 3 radical (unpaired) electrons. The van der Waals surface area contributed by atoms with E-state index in [1.165, 1.54) is 0 Å². The lowest BCUT2D eigenvalue weighted by Crippen LogP contribution is -2.13. The molecule has 139 valence electrons. The van der Waals surface area contributed by atoms with Crippen LogP contribution in [0.15, 0.2) is 4.90 Å². The minimum Gasteiger partial charge on any atom is -0.282 e. The van der Waals surface area contributed by atoms with Gasteiger partial charge in [0.05, 0.1) is 11.1 Å². The van der Waals surface area contributed by atoms with Gasteiger partial charge in [0.15, 0.2) is 51.4 Å². The zero-order chi connectivity index (χ0) is 19.4. The average molecular weight is 423 g/mol. The van der Waals surface area contributed by atoms with Gasteiger partial charge in [-0.25, -0.2) is 39.5 Å². The van der Waals surface area contributed by atoms with Gasteiger partial charge in [-0.1, -0.05) is 0 Å². The van der Waals surface area contributed by atoms with Crippen LogP contribution >= 0.6 is 0 Å². The van der Waals surface area contributed by atoms with E-state index in [0.29, 0.717) is 0 Å². The predicted octanol–water partition coefficient (Wildman–Crippen LogP) is 3.47. The summed E-state index contributed by atoms with van der Waals surface area (Å²) < 4.78 is 151. The van der Waals surface area contributed by atoms with E-state index in [-0.39, 0.29) is 17.4 Å². The largest absolute Gasteiger partial charge is 0.300 e. The van der Waals surface area contributed by atoms with Crippen LogP contribution in [0.2, 0.25) is 0 Å². The maximum absolute atomic E-state index is 14.0. The molecule has 0 atom stereocenters. The summed E-state index contributed by atoms with van der Waals surface area (Å²) in [5, 5.41) is 0. The minimum absolute atomic E-state index is 0. The summed E-state index contributed by atoms with van der Waals surface area (Å²) in [5.74, 6) is -25.0. The zero-order valence-electron chi connectivity index (χ0n) is 11.7. The first kappa shape index (κ1) is 22.3. The van der Waals surface area contributed by atoms with Crippen LogP contribution in [0.5, 0.6) is 0 Å². The van der Waals surface area contributed by atoms with Crippen LogP contribution in [0.25, 0.3) is 11.1 Å². The van der Waals surface area contributed by atoms with Crippen molar-refractivity contribution < 1.29 is 52.5 Å². The van der Waals surface area contributed by atoms with E-state index in [1.54, 1.807) is 0 Å². The third kappa shape index (κ3) is 3.18. The van der Waals surface area contributed by atoms with Gasteiger partial charge in [0.1, 0.15) is 0 Å². The molecular weight excluding hydrogens is 422 g/mol. The van der Waals surface area contributed by atoms with Crippen molar-refractivity contribution in [2.45, 2.75) is 4.90 Å². The Hall–Kier alpha value is -1.75. The fraction of sp³-hybridized carbons (Fsp3) is 0. The van der Waals surface area contributed by atoms with Crippen LogP contribution < -0.4 is 0 Å². The van der Waals surface area contributed by atoms with E-state index in [1.807, 2.05) is 0 Å². The monoisotopic (exact) mass is 423 g/mol. The lowest BCUT2D eigenvalue weighted by molar-refractivity contribution is 0.377. The van der Waals surface area contributed by atoms with Crippen LogP contribution in [-0.4, -0.2) is 30.3 Å². The maximum Gasteiger partial charge on any atom is 0.300 e. The molecule has 14 heteroatoms. The summed E-state index contributed by atoms with van der Waals surface area (Å²) in [4.78, 5) is -2.58. The molecule has 2 aromatic rings. The molecule has 0 heterocycles. The molecule has 0 spiro atoms. The van der Waals surface area contributed by atoms with Crippen molar-refractivity contribution in [3.63, 3.8) is 0 Å². The molecule has 1 N–H and O–H groups in total. The molecule has 2 rings (SSSR count). The summed E-state index contributed by atoms with van der Waals surface area (Å²) in [6, 6.07) is 0. The smallest absolute Gasteiger partial charge is 0.282 e. The molecule has 0 aromatic heterocycles. The second kappa shape index (κ2) is 7.11. The third-order valence-electron chi connectivity index (χ3n) is 2.94. The van der Waals surface area contributed by atoms with Crippen LogP contribution in [0.3, 0.4) is 0 Å². The van der Waals surface area contributed by atoms with Gasteiger partial charge >= 0.3 is 10.1 Å². The second-order valence-corrected chi connectivity index (χ2v) is 5.74. The highest BCUT2D eigenvalue weighted by molar-refractivity contribution is 7.85. The summed E-state index contributed by atoms with van der Waals surface area (Å²) in [5.41, 5.74) is -4.81. The summed E-state index contributed by atoms with van der Waals surface area (Å²) in [7, 11) is -5.95. The Kier molecular flexibility index (Phi) is 6.09. The number of hydrogen-bond donors (Lipinski definition) is 1. The van der Waals surface area contributed by atoms with Crippen LogP contribution in [0.1, 0.15) is 0 Å². The van der Waals surface area contributed by atoms with Gasteiger partial charge in [0.25, 0.3) is 0 Å². The molecule has 0 aliphatic heterocycles. The van der Waals surface area contributed by atoms with E-state index in [2.05, 4.69) is 0 Å². The lowest BCUT2D eigenvalue weighted by atomic mass is 10.0. The molecule has 2 aromatic carbocycles. The Balaban J connectivity index is 0.00000338. The molecule has 0 unspecified atom stereocenters. The topological polar surface area (TPSA) is 54.4 Å². The molecule has 0 fully saturated rings. The van der Waals surface area contributed by atoms with E-state index in [0.717, 1.165) is 0 Å². The molecule has 0 bridgehead atoms. The third-order valence-corrected chi connectivity index (χ3v) is 3.82. The highest BCUT2D eigenvalue weighted by Gasteiger charge is 2.37. The molecular formula is C12HAlF9O3S. The van der Waals surface area contributed by atoms with Crippen molar-refractivity contribution in [3.05, 3.63) is 52.4 Å². The van der Waals surface area contributed by atoms with Gasteiger partial charge in [-0.15, -0.1) is 0 Å². The highest BCUT2D eigenvalue weighted by Crippen LogP contribution is 2.38. The first-order valence-electron chi connectivity index (χ1n) is 5.67. The first-order chi connectivity index (χ1) is 11.3. The van der Waals surface area contributed by atoms with E-state index in [9.17, 15) is 47.9 Å². The molecule has 0 saturated carbocycles. The SMILES string of the molecule is O=S(=O)(O)c1c(F)c(F)c(F)c(-c2c(F)c(F)c(F)c(F)c2F)c1F.[Al]. The van der Waals surface area contributed by atoms with Crippen LogP contribution in [0, 0.1) is 52.4 Å². The predicted molar refractivity (Wildman–Crippen MR) is 67.1 cm³/mol. The van der Waals surface area contributed by atoms with Crippen LogP contribution in [0.4, 0.5) is 39.5 Å². The van der Waals surface area contributed by atoms with E-state index in [4.69, 9.17) is 4.55 Å². The van der Waals surface area contributed by atoms with Gasteiger partial charge in [-0.3, -0.25) is 4.55 Å². The molecule has 0 aliphatic carbocycles. The Morgan fingerprint density at radius 1 is 0.500 bits per heavy atom. The Bertz CT molecular complexity index is 995. The first-order valence-corrected chi connectivity index (χ1v) is 7.11. The maximum atomic E-state index is 14.0. The zero-order valence-corrected chi connectivity index (χ0v) is 13.6. The van der Waals surface area contributed by atoms with Crippen molar-refractivity contribution in [2.75, 3.05) is 0 Å². The molecule has 3 nitrogen and oxygen atoms in total. The molecule has 0 saturated heterocycles. The summed E-state index contributed by atoms with van der Waals surface area (Å²) in [6.07, 6.45) is 0. The standard InChI is InChI=1S/C12HF9O3S.Al/c13-3-1(4(14)8(18)10(20)7(3)17)2-5(15)9(19)11(21)12(6(2)16)25(22,23)24;/h(H,22,23,24);. The number of benzene rings is 2. The minimum atomic E-state index is -5.95. The average Bonchev–Trinajstić information content (AvgIpc) is 2.51. The molecule has 26 heavy (non-hydrogen) atoms. The fourth-order valence-electron chi connectivity index (χ4n) is 1.88. The normalized spacial score (nSPS) is 11.5. The van der Waals surface area contributed by atoms with Gasteiger partial charge in [-0.05, 0) is 0 Å². The highest BCUT2D eigenvalue weighted by atomic mass is 32.2. The number of rotatable bonds is 2. The Morgan fingerprint density at radius 2 is 0.769 bits per heavy atom. The van der Waals surface area contributed by atoms with Crippen molar-refractivity contribution in [3.8, 4) is 11.1 Å². The Labute approximate surface area is 148 Å². The molecule has 0 amide bonds. The van der Waals surface area contributed by atoms with Gasteiger partial charge in [-0.2, -0.15) is 8.42 Å². The van der Waals surface area contributed by atoms with E-state index < -0.39 is 78.5 Å². The van der Waals surface area contributed by atoms with Gasteiger partial charge in [0, 0.05) is 17.4 Å². The van der Waals surface area contributed by atoms with Gasteiger partial charge < -0.3 is 0 Å². The van der Waals surface area contributed by atoms with E-state index >= 15 is 0 Å². The fourth-order valence-corrected chi connectivity index (χ4v) is 2.53. The number of halogens is 9. The quantitative estimate of drug-likeness (QED) is 0.265. The van der Waals surface area contributed by atoms with Crippen molar-refractivity contribution in [2.24, 2.45) is 0 Å². The second-order valence-electron chi connectivity index (χ2n) is 4.38. The summed E-state index contributed by atoms with van der Waals surface area (Å²) >= 11 is 0. The van der Waals surface area contributed by atoms with Crippen molar-refractivity contribution >= 4 is 27.5 Å².